The van der Waals surface area contributed by atoms with Gasteiger partial charge in [0.15, 0.2) is 0 Å². The number of thioether (sulfide) groups is 1. The molecule has 2 aromatic carbocycles. The maximum Gasteiger partial charge on any atom is 0.226 e. The Morgan fingerprint density at radius 2 is 1.68 bits per heavy atom. The van der Waals surface area contributed by atoms with E-state index in [1.807, 2.05) is 49.4 Å². The van der Waals surface area contributed by atoms with Crippen molar-refractivity contribution in [2.75, 3.05) is 0 Å². The van der Waals surface area contributed by atoms with Gasteiger partial charge < -0.3 is 4.42 Å². The number of rotatable bonds is 4. The van der Waals surface area contributed by atoms with Crippen molar-refractivity contribution in [3.63, 3.8) is 0 Å². The maximum absolute atomic E-state index is 5.84. The van der Waals surface area contributed by atoms with E-state index in [1.54, 1.807) is 11.8 Å². The largest absolute Gasteiger partial charge is 0.441 e. The van der Waals surface area contributed by atoms with Crippen molar-refractivity contribution < 1.29 is 4.42 Å². The van der Waals surface area contributed by atoms with Crippen LogP contribution in [-0.4, -0.2) is 9.97 Å². The molecule has 2 aromatic heterocycles. The number of hydrogen-bond acceptors (Lipinski definition) is 4. The first-order valence-corrected chi connectivity index (χ1v) is 9.20. The molecule has 0 aliphatic heterocycles. The summed E-state index contributed by atoms with van der Waals surface area (Å²) in [5.41, 5.74) is 4.25. The van der Waals surface area contributed by atoms with E-state index >= 15 is 0 Å². The molecule has 25 heavy (non-hydrogen) atoms. The molecule has 0 radical (unpaired) electrons. The van der Waals surface area contributed by atoms with Crippen molar-refractivity contribution in [2.45, 2.75) is 24.6 Å². The van der Waals surface area contributed by atoms with Gasteiger partial charge in [-0.3, -0.25) is 0 Å². The summed E-state index contributed by atoms with van der Waals surface area (Å²) in [6.45, 7) is 4.09. The van der Waals surface area contributed by atoms with E-state index in [4.69, 9.17) is 9.40 Å². The molecule has 0 saturated heterocycles. The molecule has 0 fully saturated rings. The molecule has 0 unspecified atom stereocenters. The molecule has 4 aromatic rings. The molecular weight excluding hydrogens is 328 g/mol. The van der Waals surface area contributed by atoms with Gasteiger partial charge in [-0.2, -0.15) is 0 Å². The van der Waals surface area contributed by atoms with Crippen molar-refractivity contribution in [1.82, 2.24) is 9.97 Å². The van der Waals surface area contributed by atoms with Crippen LogP contribution in [0.2, 0.25) is 0 Å². The number of fused-ring (bicyclic) bond motifs is 1. The second kappa shape index (κ2) is 6.73. The minimum Gasteiger partial charge on any atom is -0.441 e. The molecule has 0 spiro atoms. The quantitative estimate of drug-likeness (QED) is 0.438. The molecule has 0 amide bonds. The van der Waals surface area contributed by atoms with E-state index in [0.29, 0.717) is 5.89 Å². The minimum atomic E-state index is 0.677. The van der Waals surface area contributed by atoms with Crippen molar-refractivity contribution in [3.05, 3.63) is 77.7 Å². The summed E-state index contributed by atoms with van der Waals surface area (Å²) in [4.78, 5) is 9.41. The Morgan fingerprint density at radius 3 is 2.52 bits per heavy atom. The standard InChI is InChI=1S/C21H18N2OS/c1-14-12-20(22-18-11-7-6-10-17(14)18)25-13-19-15(2)24-21(23-19)16-8-4-3-5-9-16/h3-12H,13H2,1-2H3. The molecular formula is C21H18N2OS. The highest BCUT2D eigenvalue weighted by Crippen LogP contribution is 2.29. The van der Waals surface area contributed by atoms with Crippen LogP contribution in [0.3, 0.4) is 0 Å². The van der Waals surface area contributed by atoms with Crippen LogP contribution in [0.4, 0.5) is 0 Å². The molecule has 3 nitrogen and oxygen atoms in total. The highest BCUT2D eigenvalue weighted by Gasteiger charge is 2.12. The first-order chi connectivity index (χ1) is 12.2. The lowest BCUT2D eigenvalue weighted by Crippen LogP contribution is -1.89. The van der Waals surface area contributed by atoms with Gasteiger partial charge in [0.1, 0.15) is 5.76 Å². The highest BCUT2D eigenvalue weighted by atomic mass is 32.2. The molecule has 4 rings (SSSR count). The van der Waals surface area contributed by atoms with Crippen LogP contribution in [-0.2, 0) is 5.75 Å². The third-order valence-corrected chi connectivity index (χ3v) is 5.09. The van der Waals surface area contributed by atoms with Crippen LogP contribution in [0.15, 0.2) is 70.1 Å². The predicted octanol–water partition coefficient (Wildman–Crippen LogP) is 5.80. The topological polar surface area (TPSA) is 38.9 Å². The Hall–Kier alpha value is -2.59. The van der Waals surface area contributed by atoms with Crippen LogP contribution in [0.25, 0.3) is 22.4 Å². The number of benzene rings is 2. The van der Waals surface area contributed by atoms with Gasteiger partial charge in [0.2, 0.25) is 5.89 Å². The average molecular weight is 346 g/mol. The van der Waals surface area contributed by atoms with E-state index in [1.165, 1.54) is 10.9 Å². The fraction of sp³-hybridized carbons (Fsp3) is 0.143. The van der Waals surface area contributed by atoms with Gasteiger partial charge in [0.05, 0.1) is 16.2 Å². The molecule has 0 N–H and O–H groups in total. The van der Waals surface area contributed by atoms with Crippen LogP contribution >= 0.6 is 11.8 Å². The highest BCUT2D eigenvalue weighted by molar-refractivity contribution is 7.98. The fourth-order valence-corrected chi connectivity index (χ4v) is 3.78. The smallest absolute Gasteiger partial charge is 0.226 e. The zero-order valence-corrected chi connectivity index (χ0v) is 15.0. The van der Waals surface area contributed by atoms with Crippen molar-refractivity contribution in [1.29, 1.82) is 0 Å². The van der Waals surface area contributed by atoms with E-state index in [0.717, 1.165) is 33.3 Å². The molecule has 124 valence electrons. The van der Waals surface area contributed by atoms with Crippen LogP contribution in [0.1, 0.15) is 17.0 Å². The van der Waals surface area contributed by atoms with Gasteiger partial charge in [0, 0.05) is 16.7 Å². The van der Waals surface area contributed by atoms with Crippen molar-refractivity contribution >= 4 is 22.7 Å². The number of hydrogen-bond donors (Lipinski definition) is 0. The Bertz CT molecular complexity index is 1020. The number of aryl methyl sites for hydroxylation is 2. The number of oxazole rings is 1. The first-order valence-electron chi connectivity index (χ1n) is 8.21. The lowest BCUT2D eigenvalue weighted by molar-refractivity contribution is 0.540. The van der Waals surface area contributed by atoms with Gasteiger partial charge in [-0.05, 0) is 43.7 Å². The average Bonchev–Trinajstić information content (AvgIpc) is 3.02. The number of pyridine rings is 1. The third-order valence-electron chi connectivity index (χ3n) is 4.17. The summed E-state index contributed by atoms with van der Waals surface area (Å²) in [6.07, 6.45) is 0. The molecule has 0 aliphatic rings. The molecule has 2 heterocycles. The first kappa shape index (κ1) is 15.9. The van der Waals surface area contributed by atoms with E-state index < -0.39 is 0 Å². The van der Waals surface area contributed by atoms with Crippen LogP contribution < -0.4 is 0 Å². The van der Waals surface area contributed by atoms with Crippen LogP contribution in [0, 0.1) is 13.8 Å². The summed E-state index contributed by atoms with van der Waals surface area (Å²) >= 11 is 1.69. The second-order valence-corrected chi connectivity index (χ2v) is 6.97. The third kappa shape index (κ3) is 3.30. The Kier molecular flexibility index (Phi) is 4.28. The second-order valence-electron chi connectivity index (χ2n) is 5.97. The summed E-state index contributed by atoms with van der Waals surface area (Å²) in [5.74, 6) is 2.28. The SMILES string of the molecule is Cc1oc(-c2ccccc2)nc1CSc1cc(C)c2ccccc2n1. The lowest BCUT2D eigenvalue weighted by Gasteiger charge is -2.05. The zero-order valence-electron chi connectivity index (χ0n) is 14.2. The van der Waals surface area contributed by atoms with Crippen LogP contribution in [0.5, 0.6) is 0 Å². The molecule has 0 aliphatic carbocycles. The van der Waals surface area contributed by atoms with E-state index in [2.05, 4.69) is 30.1 Å². The lowest BCUT2D eigenvalue weighted by atomic mass is 10.1. The molecule has 0 saturated carbocycles. The van der Waals surface area contributed by atoms with Gasteiger partial charge >= 0.3 is 0 Å². The van der Waals surface area contributed by atoms with E-state index in [9.17, 15) is 0 Å². The number of para-hydroxylation sites is 1. The molecule has 4 heteroatoms. The predicted molar refractivity (Wildman–Crippen MR) is 103 cm³/mol. The van der Waals surface area contributed by atoms with Gasteiger partial charge in [-0.1, -0.05) is 48.2 Å². The van der Waals surface area contributed by atoms with Crippen molar-refractivity contribution in [2.24, 2.45) is 0 Å². The van der Waals surface area contributed by atoms with Gasteiger partial charge in [-0.15, -0.1) is 0 Å². The number of aromatic nitrogens is 2. The summed E-state index contributed by atoms with van der Waals surface area (Å²) in [7, 11) is 0. The van der Waals surface area contributed by atoms with Gasteiger partial charge in [0.25, 0.3) is 0 Å². The Morgan fingerprint density at radius 1 is 0.920 bits per heavy atom. The summed E-state index contributed by atoms with van der Waals surface area (Å²) in [6, 6.07) is 20.4. The monoisotopic (exact) mass is 346 g/mol. The van der Waals surface area contributed by atoms with E-state index in [-0.39, 0.29) is 0 Å². The Balaban J connectivity index is 1.57. The fourth-order valence-electron chi connectivity index (χ4n) is 2.80. The van der Waals surface area contributed by atoms with Crippen molar-refractivity contribution in [3.8, 4) is 11.5 Å². The minimum absolute atomic E-state index is 0.677. The summed E-state index contributed by atoms with van der Waals surface area (Å²) in [5, 5.41) is 2.22. The summed E-state index contributed by atoms with van der Waals surface area (Å²) < 4.78 is 5.84. The number of nitrogens with zero attached hydrogens (tertiary/aromatic N) is 2. The van der Waals surface area contributed by atoms with Gasteiger partial charge in [-0.25, -0.2) is 9.97 Å². The normalized spacial score (nSPS) is 11.1. The zero-order chi connectivity index (χ0) is 17.2. The Labute approximate surface area is 151 Å². The molecule has 0 bridgehead atoms. The maximum atomic E-state index is 5.84. The molecule has 0 atom stereocenters.